The lowest BCUT2D eigenvalue weighted by Crippen LogP contribution is -2.36. The van der Waals surface area contributed by atoms with Crippen LogP contribution in [-0.4, -0.2) is 43.0 Å². The normalized spacial score (nSPS) is 13.2. The number of amides is 2. The van der Waals surface area contributed by atoms with Crippen molar-refractivity contribution < 1.29 is 14.3 Å². The van der Waals surface area contributed by atoms with Gasteiger partial charge in [-0.15, -0.1) is 0 Å². The molecule has 0 atom stereocenters. The molecule has 7 nitrogen and oxygen atoms in total. The average molecular weight is 340 g/mol. The van der Waals surface area contributed by atoms with Crippen LogP contribution in [0.25, 0.3) is 0 Å². The summed E-state index contributed by atoms with van der Waals surface area (Å²) in [5.41, 5.74) is 0.825. The van der Waals surface area contributed by atoms with Gasteiger partial charge >= 0.3 is 0 Å². The smallest absolute Gasteiger partial charge is 0.260 e. The van der Waals surface area contributed by atoms with Gasteiger partial charge in [0.05, 0.1) is 25.0 Å². The highest BCUT2D eigenvalue weighted by molar-refractivity contribution is 5.95. The van der Waals surface area contributed by atoms with Crippen molar-refractivity contribution >= 4 is 17.5 Å². The van der Waals surface area contributed by atoms with E-state index in [9.17, 15) is 9.59 Å². The molecule has 1 fully saturated rings. The number of hydrogen-bond acceptors (Lipinski definition) is 5. The second-order valence-corrected chi connectivity index (χ2v) is 5.63. The van der Waals surface area contributed by atoms with E-state index in [1.807, 2.05) is 12.1 Å². The number of ether oxygens (including phenoxy) is 1. The van der Waals surface area contributed by atoms with Crippen LogP contribution >= 0.6 is 0 Å². The molecule has 0 unspecified atom stereocenters. The molecule has 0 saturated carbocycles. The van der Waals surface area contributed by atoms with Crippen molar-refractivity contribution in [3.63, 3.8) is 0 Å². The largest absolute Gasteiger partial charge is 0.484 e. The predicted molar refractivity (Wildman–Crippen MR) is 90.6 cm³/mol. The number of nitrogens with zero attached hydrogens (tertiary/aromatic N) is 4. The first-order valence-corrected chi connectivity index (χ1v) is 8.20. The summed E-state index contributed by atoms with van der Waals surface area (Å²) in [7, 11) is 0. The van der Waals surface area contributed by atoms with Crippen molar-refractivity contribution in [1.29, 1.82) is 10.5 Å². The minimum Gasteiger partial charge on any atom is -0.484 e. The summed E-state index contributed by atoms with van der Waals surface area (Å²) >= 11 is 0. The fourth-order valence-corrected chi connectivity index (χ4v) is 2.61. The van der Waals surface area contributed by atoms with Crippen LogP contribution in [0.5, 0.6) is 5.75 Å². The predicted octanol–water partition coefficient (Wildman–Crippen LogP) is 1.85. The monoisotopic (exact) mass is 340 g/mol. The minimum atomic E-state index is -0.260. The topological polar surface area (TPSA) is 97.4 Å². The zero-order chi connectivity index (χ0) is 18.1. The molecule has 130 valence electrons. The van der Waals surface area contributed by atoms with Crippen molar-refractivity contribution in [2.45, 2.75) is 25.7 Å². The molecule has 1 aromatic carbocycles. The molecular formula is C18H20N4O3. The van der Waals surface area contributed by atoms with Gasteiger partial charge in [-0.2, -0.15) is 10.5 Å². The van der Waals surface area contributed by atoms with Gasteiger partial charge in [0.25, 0.3) is 5.91 Å². The SMILES string of the molecule is N#CCCN(CCC#N)C(=O)COc1ccc(N2CCCC2=O)cc1. The molecule has 2 amide bonds. The minimum absolute atomic E-state index is 0.120. The van der Waals surface area contributed by atoms with E-state index in [-0.39, 0.29) is 44.4 Å². The van der Waals surface area contributed by atoms with Gasteiger partial charge in [-0.3, -0.25) is 9.59 Å². The first-order chi connectivity index (χ1) is 12.2. The number of rotatable bonds is 8. The second kappa shape index (κ2) is 9.29. The summed E-state index contributed by atoms with van der Waals surface area (Å²) in [5, 5.41) is 17.3. The summed E-state index contributed by atoms with van der Waals surface area (Å²) in [6.07, 6.45) is 1.88. The fraction of sp³-hybridized carbons (Fsp3) is 0.444. The first-order valence-electron chi connectivity index (χ1n) is 8.20. The van der Waals surface area contributed by atoms with Crippen LogP contribution < -0.4 is 9.64 Å². The van der Waals surface area contributed by atoms with Gasteiger partial charge in [0.2, 0.25) is 5.91 Å². The third kappa shape index (κ3) is 5.22. The maximum absolute atomic E-state index is 12.2. The molecule has 1 heterocycles. The zero-order valence-electron chi connectivity index (χ0n) is 14.0. The van der Waals surface area contributed by atoms with Crippen LogP contribution in [-0.2, 0) is 9.59 Å². The van der Waals surface area contributed by atoms with Crippen molar-refractivity contribution in [3.8, 4) is 17.9 Å². The van der Waals surface area contributed by atoms with Gasteiger partial charge in [0.1, 0.15) is 5.75 Å². The number of nitriles is 2. The first kappa shape index (κ1) is 18.3. The number of anilines is 1. The second-order valence-electron chi connectivity index (χ2n) is 5.63. The molecule has 1 saturated heterocycles. The summed E-state index contributed by atoms with van der Waals surface area (Å²) in [4.78, 5) is 27.1. The molecule has 0 aliphatic carbocycles. The third-order valence-corrected chi connectivity index (χ3v) is 3.92. The third-order valence-electron chi connectivity index (χ3n) is 3.92. The Morgan fingerprint density at radius 3 is 2.32 bits per heavy atom. The Morgan fingerprint density at radius 2 is 1.80 bits per heavy atom. The Labute approximate surface area is 147 Å². The van der Waals surface area contributed by atoms with E-state index < -0.39 is 0 Å². The highest BCUT2D eigenvalue weighted by Crippen LogP contribution is 2.23. The Kier molecular flexibility index (Phi) is 6.79. The molecule has 25 heavy (non-hydrogen) atoms. The molecule has 2 rings (SSSR count). The molecule has 1 aromatic rings. The van der Waals surface area contributed by atoms with Crippen LogP contribution in [0.2, 0.25) is 0 Å². The van der Waals surface area contributed by atoms with Crippen LogP contribution in [0.3, 0.4) is 0 Å². The lowest BCUT2D eigenvalue weighted by atomic mass is 10.3. The van der Waals surface area contributed by atoms with Crippen LogP contribution in [0.1, 0.15) is 25.7 Å². The average Bonchev–Trinajstić information content (AvgIpc) is 3.06. The summed E-state index contributed by atoms with van der Waals surface area (Å²) < 4.78 is 5.49. The summed E-state index contributed by atoms with van der Waals surface area (Å²) in [6, 6.07) is 11.0. The number of carbonyl (C=O) groups is 2. The quantitative estimate of drug-likeness (QED) is 0.719. The van der Waals surface area contributed by atoms with E-state index in [1.54, 1.807) is 29.2 Å². The lowest BCUT2D eigenvalue weighted by Gasteiger charge is -2.20. The van der Waals surface area contributed by atoms with Crippen molar-refractivity contribution in [2.75, 3.05) is 31.1 Å². The number of hydrogen-bond donors (Lipinski definition) is 0. The van der Waals surface area contributed by atoms with Crippen LogP contribution in [0, 0.1) is 22.7 Å². The number of benzene rings is 1. The Bertz CT molecular complexity index is 670. The Balaban J connectivity index is 1.88. The molecule has 1 aliphatic rings. The summed E-state index contributed by atoms with van der Waals surface area (Å²) in [6.45, 7) is 1.15. The van der Waals surface area contributed by atoms with E-state index in [1.165, 1.54) is 4.90 Å². The number of carbonyl (C=O) groups excluding carboxylic acids is 2. The van der Waals surface area contributed by atoms with Gasteiger partial charge in [-0.1, -0.05) is 0 Å². The van der Waals surface area contributed by atoms with Crippen LogP contribution in [0.15, 0.2) is 24.3 Å². The van der Waals surface area contributed by atoms with E-state index >= 15 is 0 Å². The zero-order valence-corrected chi connectivity index (χ0v) is 14.0. The van der Waals surface area contributed by atoms with Crippen LogP contribution in [0.4, 0.5) is 5.69 Å². The maximum Gasteiger partial charge on any atom is 0.260 e. The van der Waals surface area contributed by atoms with Gasteiger partial charge < -0.3 is 14.5 Å². The molecule has 0 bridgehead atoms. The van der Waals surface area contributed by atoms with E-state index in [0.717, 1.165) is 18.7 Å². The fourth-order valence-electron chi connectivity index (χ4n) is 2.61. The molecule has 0 spiro atoms. The molecule has 0 aromatic heterocycles. The maximum atomic E-state index is 12.2. The highest BCUT2D eigenvalue weighted by Gasteiger charge is 2.21. The standard InChI is InChI=1S/C18H20N4O3/c19-9-2-11-21(12-3-10-20)18(24)14-25-16-7-5-15(6-8-16)22-13-1-4-17(22)23/h5-8H,1-4,11-14H2. The molecule has 0 radical (unpaired) electrons. The highest BCUT2D eigenvalue weighted by atomic mass is 16.5. The molecule has 1 aliphatic heterocycles. The van der Waals surface area contributed by atoms with Gasteiger partial charge in [0.15, 0.2) is 6.61 Å². The Hall–Kier alpha value is -3.06. The lowest BCUT2D eigenvalue weighted by molar-refractivity contribution is -0.133. The van der Waals surface area contributed by atoms with Gasteiger partial charge in [-0.25, -0.2) is 0 Å². The Morgan fingerprint density at radius 1 is 1.16 bits per heavy atom. The molecule has 0 N–H and O–H groups in total. The van der Waals surface area contributed by atoms with Crippen molar-refractivity contribution in [3.05, 3.63) is 24.3 Å². The molecule has 7 heteroatoms. The van der Waals surface area contributed by atoms with E-state index in [2.05, 4.69) is 0 Å². The molecular weight excluding hydrogens is 320 g/mol. The van der Waals surface area contributed by atoms with Crippen molar-refractivity contribution in [2.24, 2.45) is 0 Å². The van der Waals surface area contributed by atoms with E-state index in [0.29, 0.717) is 12.2 Å². The van der Waals surface area contributed by atoms with Gasteiger partial charge in [0, 0.05) is 31.7 Å². The van der Waals surface area contributed by atoms with E-state index in [4.69, 9.17) is 15.3 Å². The van der Waals surface area contributed by atoms with Crippen molar-refractivity contribution in [1.82, 2.24) is 4.90 Å². The summed E-state index contributed by atoms with van der Waals surface area (Å²) in [5.74, 6) is 0.392. The van der Waals surface area contributed by atoms with Gasteiger partial charge in [-0.05, 0) is 30.7 Å².